The molecular formula is C25H53NO4P+. The van der Waals surface area contributed by atoms with Gasteiger partial charge in [-0.15, -0.1) is 0 Å². The van der Waals surface area contributed by atoms with Crippen molar-refractivity contribution in [2.75, 3.05) is 27.7 Å². The van der Waals surface area contributed by atoms with Crippen molar-refractivity contribution in [1.29, 1.82) is 0 Å². The van der Waals surface area contributed by atoms with Crippen molar-refractivity contribution in [2.45, 2.75) is 121 Å². The molecule has 3 N–H and O–H groups in total. The maximum atomic E-state index is 11.8. The Morgan fingerprint density at radius 2 is 1.10 bits per heavy atom. The molecule has 0 radical (unpaired) electrons. The fraction of sp³-hybridized carbons (Fsp3) is 0.920. The number of quaternary nitrogens is 1. The first-order valence-electron chi connectivity index (χ1n) is 12.8. The molecule has 0 saturated carbocycles. The number of allylic oxidation sites excluding steroid dienone is 2. The molecule has 1 unspecified atom stereocenters. The van der Waals surface area contributed by atoms with Gasteiger partial charge in [-0.1, -0.05) is 89.7 Å². The number of rotatable bonds is 21. The Hall–Kier alpha value is -0.190. The topological polar surface area (TPSA) is 77.8 Å². The number of nitrogens with zero attached hydrogens (tertiary/aromatic N) is 1. The average Bonchev–Trinajstić information content (AvgIpc) is 2.65. The van der Waals surface area contributed by atoms with Crippen LogP contribution in [-0.2, 0) is 4.57 Å². The largest absolute Gasteiger partial charge is 0.373 e. The summed E-state index contributed by atoms with van der Waals surface area (Å²) in [6.07, 6.45) is 24.4. The van der Waals surface area contributed by atoms with Crippen molar-refractivity contribution < 1.29 is 23.9 Å². The molecular weight excluding hydrogens is 409 g/mol. The Labute approximate surface area is 193 Å². The van der Waals surface area contributed by atoms with Gasteiger partial charge in [0.15, 0.2) is 0 Å². The molecule has 0 aliphatic rings. The molecule has 0 rings (SSSR count). The van der Waals surface area contributed by atoms with Gasteiger partial charge in [-0.2, -0.15) is 0 Å². The highest BCUT2D eigenvalue weighted by atomic mass is 31.2. The fourth-order valence-electron chi connectivity index (χ4n) is 4.09. The maximum Gasteiger partial charge on any atom is 0.362 e. The number of hydrogen-bond donors (Lipinski definition) is 3. The third-order valence-electron chi connectivity index (χ3n) is 5.86. The molecule has 31 heavy (non-hydrogen) atoms. The van der Waals surface area contributed by atoms with Gasteiger partial charge >= 0.3 is 7.60 Å². The van der Waals surface area contributed by atoms with Crippen LogP contribution in [0, 0.1) is 0 Å². The number of likely N-dealkylation sites (N-methyl/N-ethyl adjacent to an activating group) is 1. The van der Waals surface area contributed by atoms with E-state index in [9.17, 15) is 19.5 Å². The number of aliphatic hydroxyl groups is 1. The van der Waals surface area contributed by atoms with Gasteiger partial charge in [-0.05, 0) is 38.5 Å². The molecule has 1 atom stereocenters. The summed E-state index contributed by atoms with van der Waals surface area (Å²) >= 11 is 0. The lowest BCUT2D eigenvalue weighted by atomic mass is 10.1. The lowest BCUT2D eigenvalue weighted by Crippen LogP contribution is -2.49. The van der Waals surface area contributed by atoms with Crippen molar-refractivity contribution in [2.24, 2.45) is 0 Å². The van der Waals surface area contributed by atoms with Gasteiger partial charge in [-0.3, -0.25) is 4.57 Å². The van der Waals surface area contributed by atoms with Crippen LogP contribution in [0.2, 0.25) is 0 Å². The molecule has 0 spiro atoms. The van der Waals surface area contributed by atoms with E-state index in [-0.39, 0.29) is 13.0 Å². The summed E-state index contributed by atoms with van der Waals surface area (Å²) in [5.74, 6) is 0. The summed E-state index contributed by atoms with van der Waals surface area (Å²) in [5.41, 5.74) is 0. The monoisotopic (exact) mass is 462 g/mol. The fourth-order valence-corrected chi connectivity index (χ4v) is 5.14. The van der Waals surface area contributed by atoms with Gasteiger partial charge in [-0.25, -0.2) is 0 Å². The first kappa shape index (κ1) is 30.8. The van der Waals surface area contributed by atoms with Crippen molar-refractivity contribution in [1.82, 2.24) is 0 Å². The molecule has 0 amide bonds. The molecule has 0 aliphatic heterocycles. The second-order valence-corrected chi connectivity index (χ2v) is 12.3. The molecule has 5 nitrogen and oxygen atoms in total. The minimum absolute atomic E-state index is 0.0545. The third-order valence-corrected chi connectivity index (χ3v) is 7.31. The zero-order valence-electron chi connectivity index (χ0n) is 21.0. The lowest BCUT2D eigenvalue weighted by Gasteiger charge is -2.35. The smallest absolute Gasteiger partial charge is 0.362 e. The van der Waals surface area contributed by atoms with Gasteiger partial charge < -0.3 is 19.4 Å². The summed E-state index contributed by atoms with van der Waals surface area (Å²) in [4.78, 5) is 19.2. The van der Waals surface area contributed by atoms with E-state index in [0.29, 0.717) is 10.9 Å². The van der Waals surface area contributed by atoms with Gasteiger partial charge in [0.1, 0.15) is 6.54 Å². The maximum absolute atomic E-state index is 11.8. The summed E-state index contributed by atoms with van der Waals surface area (Å²) in [6.45, 7) is 2.32. The van der Waals surface area contributed by atoms with Crippen LogP contribution in [-0.4, -0.2) is 52.4 Å². The molecule has 0 aromatic rings. The van der Waals surface area contributed by atoms with Crippen molar-refractivity contribution in [3.8, 4) is 0 Å². The molecule has 0 aliphatic carbocycles. The molecule has 0 aromatic heterocycles. The highest BCUT2D eigenvalue weighted by Gasteiger charge is 2.48. The van der Waals surface area contributed by atoms with Crippen molar-refractivity contribution in [3.05, 3.63) is 12.2 Å². The Morgan fingerprint density at radius 3 is 1.48 bits per heavy atom. The van der Waals surface area contributed by atoms with E-state index < -0.39 is 12.9 Å². The zero-order valence-corrected chi connectivity index (χ0v) is 21.9. The van der Waals surface area contributed by atoms with Crippen LogP contribution in [0.15, 0.2) is 12.2 Å². The Kier molecular flexibility index (Phi) is 17.2. The molecule has 0 aromatic carbocycles. The standard InChI is InChI=1S/C25H52NO4P/c1-5-6-7-8-9-10-11-12-13-14-15-16-17-18-19-20-21-22-23-25(27,31(28,29)30)24-26(2,3)4/h16-17,27H,5-15,18-24H2,1-4H3,(H-,28,29,30)/p+1/b17-16-. The van der Waals surface area contributed by atoms with Gasteiger partial charge in [0.25, 0.3) is 0 Å². The minimum Gasteiger partial charge on any atom is -0.373 e. The van der Waals surface area contributed by atoms with Crippen LogP contribution in [0.1, 0.15) is 116 Å². The van der Waals surface area contributed by atoms with E-state index in [0.717, 1.165) is 25.7 Å². The van der Waals surface area contributed by atoms with Crippen LogP contribution in [0.3, 0.4) is 0 Å². The zero-order chi connectivity index (χ0) is 23.6. The average molecular weight is 463 g/mol. The predicted molar refractivity (Wildman–Crippen MR) is 133 cm³/mol. The first-order valence-corrected chi connectivity index (χ1v) is 14.4. The van der Waals surface area contributed by atoms with Crippen molar-refractivity contribution in [3.63, 3.8) is 0 Å². The van der Waals surface area contributed by atoms with E-state index in [1.165, 1.54) is 70.6 Å². The van der Waals surface area contributed by atoms with E-state index in [1.54, 1.807) is 0 Å². The Bertz CT molecular complexity index is 498. The summed E-state index contributed by atoms with van der Waals surface area (Å²) in [6, 6.07) is 0. The number of hydrogen-bond acceptors (Lipinski definition) is 2. The summed E-state index contributed by atoms with van der Waals surface area (Å²) in [5, 5.41) is 8.61. The summed E-state index contributed by atoms with van der Waals surface area (Å²) < 4.78 is 12.1. The Balaban J connectivity index is 3.65. The molecule has 0 fully saturated rings. The molecule has 0 heterocycles. The van der Waals surface area contributed by atoms with Crippen LogP contribution in [0.4, 0.5) is 0 Å². The Morgan fingerprint density at radius 1 is 0.710 bits per heavy atom. The second kappa shape index (κ2) is 17.3. The van der Waals surface area contributed by atoms with Crippen LogP contribution in [0.5, 0.6) is 0 Å². The predicted octanol–water partition coefficient (Wildman–Crippen LogP) is 6.77. The van der Waals surface area contributed by atoms with E-state index in [2.05, 4.69) is 19.1 Å². The highest BCUT2D eigenvalue weighted by molar-refractivity contribution is 7.53. The third kappa shape index (κ3) is 18.0. The van der Waals surface area contributed by atoms with Crippen LogP contribution in [0.25, 0.3) is 0 Å². The van der Waals surface area contributed by atoms with Gasteiger partial charge in [0, 0.05) is 0 Å². The minimum atomic E-state index is -4.55. The summed E-state index contributed by atoms with van der Waals surface area (Å²) in [7, 11) is 0.960. The van der Waals surface area contributed by atoms with E-state index in [4.69, 9.17) is 0 Å². The van der Waals surface area contributed by atoms with E-state index in [1.807, 2.05) is 21.1 Å². The first-order chi connectivity index (χ1) is 14.5. The number of unbranched alkanes of at least 4 members (excludes halogenated alkanes) is 14. The SMILES string of the molecule is CCCCCCCCCCCC/C=C\CCCCCCC(O)(C[N+](C)(C)C)P(=O)(O)O. The second-order valence-electron chi connectivity index (χ2n) is 10.4. The van der Waals surface area contributed by atoms with Crippen LogP contribution >= 0.6 is 7.60 Å². The quantitative estimate of drug-likeness (QED) is 0.0761. The molecule has 186 valence electrons. The lowest BCUT2D eigenvalue weighted by molar-refractivity contribution is -0.875. The van der Waals surface area contributed by atoms with Crippen LogP contribution < -0.4 is 0 Å². The molecule has 6 heteroatoms. The van der Waals surface area contributed by atoms with Gasteiger partial charge in [0.05, 0.1) is 21.1 Å². The highest BCUT2D eigenvalue weighted by Crippen LogP contribution is 2.52. The molecule has 0 bridgehead atoms. The van der Waals surface area contributed by atoms with Gasteiger partial charge in [0.2, 0.25) is 5.34 Å². The van der Waals surface area contributed by atoms with E-state index >= 15 is 0 Å². The van der Waals surface area contributed by atoms with Crippen molar-refractivity contribution >= 4 is 7.60 Å². The molecule has 0 saturated heterocycles. The normalized spacial score (nSPS) is 14.9.